The van der Waals surface area contributed by atoms with E-state index in [1.807, 2.05) is 59.7 Å². The van der Waals surface area contributed by atoms with Gasteiger partial charge in [0.15, 0.2) is 0 Å². The zero-order valence-electron chi connectivity index (χ0n) is 23.2. The fourth-order valence-electron chi connectivity index (χ4n) is 5.20. The number of hydrogen-bond acceptors (Lipinski definition) is 7. The molecule has 2 N–H and O–H groups in total. The molecule has 11 nitrogen and oxygen atoms in total. The number of nitrogens with one attached hydrogen (secondary N) is 1. The Hall–Kier alpha value is -3.47. The summed E-state index contributed by atoms with van der Waals surface area (Å²) >= 11 is 0. The van der Waals surface area contributed by atoms with E-state index in [4.69, 9.17) is 4.74 Å². The SMILES string of the molecule is CNC(=O)[C@@H]1C[C@@H](O)CN1C(=O)[C@@H](n1cc(-c2cccc3c2N(C(=O)OC(C)(C)C)CC3)nn1)C(C)(C)C. The number of aliphatic hydroxyl groups is 1. The number of para-hydroxylation sites is 1. The first-order valence-corrected chi connectivity index (χ1v) is 13.0. The molecule has 38 heavy (non-hydrogen) atoms. The molecule has 2 aliphatic rings. The van der Waals surface area contributed by atoms with E-state index in [9.17, 15) is 19.5 Å². The highest BCUT2D eigenvalue weighted by atomic mass is 16.6. The molecule has 1 aromatic heterocycles. The number of carbonyl (C=O) groups excluding carboxylic acids is 3. The van der Waals surface area contributed by atoms with E-state index >= 15 is 0 Å². The number of aliphatic hydroxyl groups excluding tert-OH is 1. The topological polar surface area (TPSA) is 130 Å². The number of carbonyl (C=O) groups is 3. The number of amides is 3. The lowest BCUT2D eigenvalue weighted by Crippen LogP contribution is -2.49. The summed E-state index contributed by atoms with van der Waals surface area (Å²) in [4.78, 5) is 42.4. The third-order valence-corrected chi connectivity index (χ3v) is 6.82. The fraction of sp³-hybridized carbons (Fsp3) is 0.593. The van der Waals surface area contributed by atoms with Crippen LogP contribution in [0.25, 0.3) is 11.3 Å². The second-order valence-electron chi connectivity index (χ2n) is 12.1. The molecular formula is C27H38N6O5. The summed E-state index contributed by atoms with van der Waals surface area (Å²) in [6.07, 6.45) is 1.38. The van der Waals surface area contributed by atoms with Gasteiger partial charge < -0.3 is 20.1 Å². The highest BCUT2D eigenvalue weighted by Crippen LogP contribution is 2.40. The molecule has 2 aliphatic heterocycles. The molecule has 3 amide bonds. The summed E-state index contributed by atoms with van der Waals surface area (Å²) in [5.74, 6) is -0.628. The summed E-state index contributed by atoms with van der Waals surface area (Å²) in [7, 11) is 1.51. The molecule has 11 heteroatoms. The summed E-state index contributed by atoms with van der Waals surface area (Å²) in [5, 5.41) is 21.6. The van der Waals surface area contributed by atoms with Crippen LogP contribution in [-0.2, 0) is 20.7 Å². The van der Waals surface area contributed by atoms with Crippen LogP contribution in [0.3, 0.4) is 0 Å². The zero-order chi connectivity index (χ0) is 28.0. The summed E-state index contributed by atoms with van der Waals surface area (Å²) < 4.78 is 7.16. The van der Waals surface area contributed by atoms with Crippen LogP contribution in [0.1, 0.15) is 59.6 Å². The highest BCUT2D eigenvalue weighted by Gasteiger charge is 2.45. The van der Waals surface area contributed by atoms with E-state index in [0.29, 0.717) is 18.7 Å². The number of hydrogen-bond donors (Lipinski definition) is 2. The average Bonchev–Trinajstić information content (AvgIpc) is 3.54. The van der Waals surface area contributed by atoms with Crippen molar-refractivity contribution in [1.29, 1.82) is 0 Å². The molecule has 206 valence electrons. The van der Waals surface area contributed by atoms with Crippen LogP contribution in [0.5, 0.6) is 0 Å². The first-order valence-electron chi connectivity index (χ1n) is 13.0. The van der Waals surface area contributed by atoms with Gasteiger partial charge in [0, 0.05) is 32.1 Å². The van der Waals surface area contributed by atoms with Crippen LogP contribution in [0.4, 0.5) is 10.5 Å². The first kappa shape index (κ1) is 27.6. The first-order chi connectivity index (χ1) is 17.7. The molecule has 1 saturated heterocycles. The van der Waals surface area contributed by atoms with Crippen molar-refractivity contribution in [3.8, 4) is 11.3 Å². The van der Waals surface area contributed by atoms with Crippen molar-refractivity contribution in [2.45, 2.75) is 78.2 Å². The van der Waals surface area contributed by atoms with Crippen LogP contribution in [0.15, 0.2) is 24.4 Å². The number of fused-ring (bicyclic) bond motifs is 1. The van der Waals surface area contributed by atoms with E-state index in [1.165, 1.54) is 16.6 Å². The molecule has 2 aromatic rings. The van der Waals surface area contributed by atoms with Crippen molar-refractivity contribution in [3.05, 3.63) is 30.0 Å². The highest BCUT2D eigenvalue weighted by molar-refractivity contribution is 5.96. The lowest BCUT2D eigenvalue weighted by Gasteiger charge is -2.34. The van der Waals surface area contributed by atoms with E-state index < -0.39 is 35.3 Å². The van der Waals surface area contributed by atoms with Crippen LogP contribution in [0.2, 0.25) is 0 Å². The minimum absolute atomic E-state index is 0.0715. The average molecular weight is 527 g/mol. The van der Waals surface area contributed by atoms with Crippen molar-refractivity contribution in [3.63, 3.8) is 0 Å². The maximum Gasteiger partial charge on any atom is 0.414 e. The van der Waals surface area contributed by atoms with Gasteiger partial charge in [-0.1, -0.05) is 44.2 Å². The number of likely N-dealkylation sites (N-methyl/N-ethyl adjacent to an activating group) is 1. The van der Waals surface area contributed by atoms with Gasteiger partial charge in [-0.25, -0.2) is 9.48 Å². The molecule has 3 heterocycles. The normalized spacial score (nSPS) is 20.3. The zero-order valence-corrected chi connectivity index (χ0v) is 23.2. The van der Waals surface area contributed by atoms with E-state index in [0.717, 1.165) is 16.8 Å². The predicted molar refractivity (Wildman–Crippen MR) is 141 cm³/mol. The molecule has 1 aromatic carbocycles. The monoisotopic (exact) mass is 526 g/mol. The smallest absolute Gasteiger partial charge is 0.414 e. The van der Waals surface area contributed by atoms with Gasteiger partial charge in [0.05, 0.1) is 18.0 Å². The Morgan fingerprint density at radius 1 is 1.16 bits per heavy atom. The maximum atomic E-state index is 13.9. The van der Waals surface area contributed by atoms with Crippen LogP contribution >= 0.6 is 0 Å². The molecule has 0 spiro atoms. The maximum absolute atomic E-state index is 13.9. The van der Waals surface area contributed by atoms with Gasteiger partial charge in [-0.05, 0) is 38.2 Å². The third-order valence-electron chi connectivity index (χ3n) is 6.82. The molecule has 0 aliphatic carbocycles. The molecule has 4 rings (SSSR count). The van der Waals surface area contributed by atoms with Crippen LogP contribution in [-0.4, -0.2) is 80.8 Å². The minimum Gasteiger partial charge on any atom is -0.443 e. The van der Waals surface area contributed by atoms with Gasteiger partial charge in [0.2, 0.25) is 11.8 Å². The van der Waals surface area contributed by atoms with Gasteiger partial charge in [-0.3, -0.25) is 14.5 Å². The van der Waals surface area contributed by atoms with Crippen molar-refractivity contribution in [2.24, 2.45) is 5.41 Å². The molecule has 0 saturated carbocycles. The number of ether oxygens (including phenoxy) is 1. The van der Waals surface area contributed by atoms with Crippen molar-refractivity contribution >= 4 is 23.6 Å². The molecular weight excluding hydrogens is 488 g/mol. The molecule has 3 atom stereocenters. The number of nitrogens with zero attached hydrogens (tertiary/aromatic N) is 5. The summed E-state index contributed by atoms with van der Waals surface area (Å²) in [6.45, 7) is 11.8. The van der Waals surface area contributed by atoms with Crippen LogP contribution in [0, 0.1) is 5.41 Å². The fourth-order valence-corrected chi connectivity index (χ4v) is 5.20. The molecule has 0 radical (unpaired) electrons. The number of likely N-dealkylation sites (tertiary alicyclic amines) is 1. The Balaban J connectivity index is 1.69. The van der Waals surface area contributed by atoms with Crippen molar-refractivity contribution in [2.75, 3.05) is 25.0 Å². The second-order valence-corrected chi connectivity index (χ2v) is 12.1. The Morgan fingerprint density at radius 2 is 1.87 bits per heavy atom. The molecule has 1 fully saturated rings. The summed E-state index contributed by atoms with van der Waals surface area (Å²) in [6, 6.07) is 4.24. The summed E-state index contributed by atoms with van der Waals surface area (Å²) in [5.41, 5.74) is 1.76. The van der Waals surface area contributed by atoms with Gasteiger partial charge in [-0.2, -0.15) is 0 Å². The number of benzene rings is 1. The standard InChI is InChI=1S/C27H38N6O5/c1-26(2,3)22(24(36)32-14-17(34)13-20(32)23(35)28-7)33-15-19(29-30-33)18-10-8-9-16-11-12-31(21(16)18)25(37)38-27(4,5)6/h8-10,15,17,20,22,34H,11-14H2,1-7H3,(H,28,35)/t17-,20+,22-/m1/s1. The Bertz CT molecular complexity index is 1230. The van der Waals surface area contributed by atoms with E-state index in [2.05, 4.69) is 15.6 Å². The van der Waals surface area contributed by atoms with Gasteiger partial charge >= 0.3 is 6.09 Å². The quantitative estimate of drug-likeness (QED) is 0.626. The van der Waals surface area contributed by atoms with E-state index in [-0.39, 0.29) is 24.8 Å². The Labute approximate surface area is 223 Å². The van der Waals surface area contributed by atoms with Gasteiger partial charge in [0.25, 0.3) is 0 Å². The second kappa shape index (κ2) is 10.0. The van der Waals surface area contributed by atoms with Crippen molar-refractivity contribution in [1.82, 2.24) is 25.2 Å². The largest absolute Gasteiger partial charge is 0.443 e. The predicted octanol–water partition coefficient (Wildman–Crippen LogP) is 2.54. The number of rotatable bonds is 4. The van der Waals surface area contributed by atoms with Gasteiger partial charge in [0.1, 0.15) is 23.4 Å². The Kier molecular flexibility index (Phi) is 7.26. The van der Waals surface area contributed by atoms with Crippen LogP contribution < -0.4 is 10.2 Å². The van der Waals surface area contributed by atoms with E-state index in [1.54, 1.807) is 11.1 Å². The Morgan fingerprint density at radius 3 is 2.50 bits per heavy atom. The molecule has 0 unspecified atom stereocenters. The number of anilines is 1. The van der Waals surface area contributed by atoms with Gasteiger partial charge in [-0.15, -0.1) is 5.10 Å². The lowest BCUT2D eigenvalue weighted by atomic mass is 9.85. The van der Waals surface area contributed by atoms with Crippen molar-refractivity contribution < 1.29 is 24.2 Å². The lowest BCUT2D eigenvalue weighted by molar-refractivity contribution is -0.144. The number of aromatic nitrogens is 3. The molecule has 0 bridgehead atoms. The minimum atomic E-state index is -0.779. The third kappa shape index (κ3) is 5.38. The number of β-amino-alcohol motifs (C(OH)–C–C–N with tert-alkyl or cyclic N) is 1.